The van der Waals surface area contributed by atoms with E-state index in [1.807, 2.05) is 13.0 Å². The highest BCUT2D eigenvalue weighted by atomic mass is 35.5. The zero-order valence-electron chi connectivity index (χ0n) is 14.8. The number of aromatic nitrogens is 2. The van der Waals surface area contributed by atoms with Crippen LogP contribution in [0.5, 0.6) is 0 Å². The molecule has 27 heavy (non-hydrogen) atoms. The van der Waals surface area contributed by atoms with E-state index in [0.717, 1.165) is 5.56 Å². The first-order valence-electron chi connectivity index (χ1n) is 8.02. The molecule has 0 bridgehead atoms. The molecule has 0 fully saturated rings. The maximum atomic E-state index is 11.9. The van der Waals surface area contributed by atoms with Crippen LogP contribution in [0.1, 0.15) is 32.1 Å². The van der Waals surface area contributed by atoms with Gasteiger partial charge in [-0.2, -0.15) is 0 Å². The molecule has 138 valence electrons. The molecule has 0 spiro atoms. The summed E-state index contributed by atoms with van der Waals surface area (Å²) in [5.74, 6) is -1.19. The number of benzene rings is 1. The predicted molar refractivity (Wildman–Crippen MR) is 104 cm³/mol. The summed E-state index contributed by atoms with van der Waals surface area (Å²) in [6.07, 6.45) is 3.07. The van der Waals surface area contributed by atoms with E-state index in [9.17, 15) is 9.59 Å². The molecule has 1 aromatic carbocycles. The van der Waals surface area contributed by atoms with E-state index in [0.29, 0.717) is 22.0 Å². The van der Waals surface area contributed by atoms with Crippen molar-refractivity contribution in [3.05, 3.63) is 88.5 Å². The largest absolute Gasteiger partial charge is 0.477 e. The Morgan fingerprint density at radius 2 is 1.41 bits per heavy atom. The summed E-state index contributed by atoms with van der Waals surface area (Å²) in [4.78, 5) is 30.0. The first-order valence-corrected chi connectivity index (χ1v) is 8.39. The zero-order valence-corrected chi connectivity index (χ0v) is 15.6. The first kappa shape index (κ1) is 20.1. The number of carbonyl (C=O) groups excluding carboxylic acids is 1. The van der Waals surface area contributed by atoms with Crippen molar-refractivity contribution in [3.63, 3.8) is 0 Å². The summed E-state index contributed by atoms with van der Waals surface area (Å²) in [5.41, 5.74) is 2.79. The van der Waals surface area contributed by atoms with Gasteiger partial charge in [0.2, 0.25) is 0 Å². The number of rotatable bonds is 3. The fourth-order valence-electron chi connectivity index (χ4n) is 2.16. The lowest BCUT2D eigenvalue weighted by molar-refractivity contribution is 0.0689. The highest BCUT2D eigenvalue weighted by Crippen LogP contribution is 2.14. The standard InChI is InChI=1S/C13H11ClN2O.C7H7NO2/c1-9-3-2-8-15-12(9)13(17)16-11-6-4-10(14)5-7-11;1-5-3-2-4-8-6(5)7(9)10/h2-8H,1H3,(H,16,17);2-4H,1H3,(H,9,10). The van der Waals surface area contributed by atoms with Crippen molar-refractivity contribution in [1.29, 1.82) is 0 Å². The lowest BCUT2D eigenvalue weighted by Crippen LogP contribution is -2.14. The number of amides is 1. The number of pyridine rings is 2. The van der Waals surface area contributed by atoms with Gasteiger partial charge in [-0.1, -0.05) is 23.7 Å². The zero-order chi connectivity index (χ0) is 19.8. The molecule has 2 aromatic heterocycles. The molecule has 0 atom stereocenters. The van der Waals surface area contributed by atoms with E-state index >= 15 is 0 Å². The van der Waals surface area contributed by atoms with E-state index < -0.39 is 5.97 Å². The fraction of sp³-hybridized carbons (Fsp3) is 0.100. The van der Waals surface area contributed by atoms with Gasteiger partial charge in [0, 0.05) is 23.1 Å². The molecule has 0 radical (unpaired) electrons. The summed E-state index contributed by atoms with van der Waals surface area (Å²) >= 11 is 5.77. The summed E-state index contributed by atoms with van der Waals surface area (Å²) in [6.45, 7) is 3.57. The Labute approximate surface area is 161 Å². The Kier molecular flexibility index (Phi) is 7.02. The lowest BCUT2D eigenvalue weighted by atomic mass is 10.2. The quantitative estimate of drug-likeness (QED) is 0.700. The van der Waals surface area contributed by atoms with Crippen molar-refractivity contribution < 1.29 is 14.7 Å². The van der Waals surface area contributed by atoms with Crippen molar-refractivity contribution >= 4 is 29.2 Å². The number of nitrogens with one attached hydrogen (secondary N) is 1. The van der Waals surface area contributed by atoms with Gasteiger partial charge in [0.25, 0.3) is 5.91 Å². The molecule has 0 unspecified atom stereocenters. The molecule has 0 aliphatic rings. The van der Waals surface area contributed by atoms with Crippen molar-refractivity contribution in [2.24, 2.45) is 0 Å². The van der Waals surface area contributed by atoms with Gasteiger partial charge >= 0.3 is 5.97 Å². The number of hydrogen-bond donors (Lipinski definition) is 2. The molecule has 0 saturated carbocycles. The predicted octanol–water partition coefficient (Wildman–Crippen LogP) is 4.38. The van der Waals surface area contributed by atoms with Gasteiger partial charge in [-0.05, 0) is 61.4 Å². The minimum Gasteiger partial charge on any atom is -0.477 e. The Morgan fingerprint density at radius 3 is 1.85 bits per heavy atom. The molecule has 2 N–H and O–H groups in total. The summed E-state index contributed by atoms with van der Waals surface area (Å²) in [5, 5.41) is 11.9. The van der Waals surface area contributed by atoms with Gasteiger partial charge < -0.3 is 10.4 Å². The highest BCUT2D eigenvalue weighted by Gasteiger charge is 2.09. The second-order valence-electron chi connectivity index (χ2n) is 5.60. The van der Waals surface area contributed by atoms with Gasteiger partial charge in [0.05, 0.1) is 0 Å². The monoisotopic (exact) mass is 383 g/mol. The molecule has 7 heteroatoms. The van der Waals surface area contributed by atoms with E-state index in [4.69, 9.17) is 16.7 Å². The Morgan fingerprint density at radius 1 is 0.889 bits per heavy atom. The summed E-state index contributed by atoms with van der Waals surface area (Å²) in [6, 6.07) is 14.0. The molecule has 3 rings (SSSR count). The maximum absolute atomic E-state index is 11.9. The highest BCUT2D eigenvalue weighted by molar-refractivity contribution is 6.30. The smallest absolute Gasteiger partial charge is 0.354 e. The van der Waals surface area contributed by atoms with Gasteiger partial charge in [0.15, 0.2) is 5.69 Å². The van der Waals surface area contributed by atoms with E-state index in [-0.39, 0.29) is 11.6 Å². The molecule has 6 nitrogen and oxygen atoms in total. The van der Waals surface area contributed by atoms with Gasteiger partial charge in [0.1, 0.15) is 5.69 Å². The fourth-order valence-corrected chi connectivity index (χ4v) is 2.28. The van der Waals surface area contributed by atoms with Crippen molar-refractivity contribution in [2.75, 3.05) is 5.32 Å². The van der Waals surface area contributed by atoms with Crippen LogP contribution in [0.4, 0.5) is 5.69 Å². The topological polar surface area (TPSA) is 92.2 Å². The van der Waals surface area contributed by atoms with Crippen LogP contribution in [0.2, 0.25) is 5.02 Å². The molecule has 0 saturated heterocycles. The Hall–Kier alpha value is -3.25. The van der Waals surface area contributed by atoms with Crippen LogP contribution >= 0.6 is 11.6 Å². The first-order chi connectivity index (χ1) is 12.9. The normalized spacial score (nSPS) is 9.74. The number of carboxylic acids is 1. The summed E-state index contributed by atoms with van der Waals surface area (Å²) < 4.78 is 0. The number of carbonyl (C=O) groups is 2. The molecular formula is C20H18ClN3O3. The van der Waals surface area contributed by atoms with Gasteiger partial charge in [-0.25, -0.2) is 9.78 Å². The van der Waals surface area contributed by atoms with Crippen LogP contribution in [0.15, 0.2) is 60.9 Å². The second kappa shape index (κ2) is 9.45. The molecule has 1 amide bonds. The summed E-state index contributed by atoms with van der Waals surface area (Å²) in [7, 11) is 0. The molecule has 3 aromatic rings. The van der Waals surface area contributed by atoms with Crippen molar-refractivity contribution in [3.8, 4) is 0 Å². The molecular weight excluding hydrogens is 366 g/mol. The van der Waals surface area contributed by atoms with Crippen LogP contribution in [0.25, 0.3) is 0 Å². The minimum absolute atomic E-state index is 0.127. The van der Waals surface area contributed by atoms with Gasteiger partial charge in [-0.3, -0.25) is 9.78 Å². The third-order valence-corrected chi connectivity index (χ3v) is 3.79. The molecule has 2 heterocycles. The third kappa shape index (κ3) is 5.90. The minimum atomic E-state index is -0.974. The lowest BCUT2D eigenvalue weighted by Gasteiger charge is -2.06. The van der Waals surface area contributed by atoms with E-state index in [1.54, 1.807) is 55.6 Å². The number of aryl methyl sites for hydroxylation is 2. The Balaban J connectivity index is 0.000000223. The van der Waals surface area contributed by atoms with Gasteiger partial charge in [-0.15, -0.1) is 0 Å². The SMILES string of the molecule is Cc1cccnc1C(=O)Nc1ccc(Cl)cc1.Cc1cccnc1C(=O)O. The second-order valence-corrected chi connectivity index (χ2v) is 6.04. The van der Waals surface area contributed by atoms with E-state index in [1.165, 1.54) is 6.20 Å². The number of aromatic carboxylic acids is 1. The number of halogens is 1. The molecule has 0 aliphatic carbocycles. The number of carboxylic acid groups (broad SMARTS) is 1. The number of nitrogens with zero attached hydrogens (tertiary/aromatic N) is 2. The number of anilines is 1. The van der Waals surface area contributed by atoms with Crippen LogP contribution < -0.4 is 5.32 Å². The molecule has 0 aliphatic heterocycles. The maximum Gasteiger partial charge on any atom is 0.354 e. The van der Waals surface area contributed by atoms with Crippen LogP contribution in [-0.4, -0.2) is 27.0 Å². The van der Waals surface area contributed by atoms with Crippen molar-refractivity contribution in [2.45, 2.75) is 13.8 Å². The Bertz CT molecular complexity index is 943. The van der Waals surface area contributed by atoms with Crippen LogP contribution in [0, 0.1) is 13.8 Å². The van der Waals surface area contributed by atoms with E-state index in [2.05, 4.69) is 15.3 Å². The van der Waals surface area contributed by atoms with Crippen LogP contribution in [0.3, 0.4) is 0 Å². The number of hydrogen-bond acceptors (Lipinski definition) is 4. The van der Waals surface area contributed by atoms with Crippen LogP contribution in [-0.2, 0) is 0 Å². The average Bonchev–Trinajstić information content (AvgIpc) is 2.64. The average molecular weight is 384 g/mol. The third-order valence-electron chi connectivity index (χ3n) is 3.54. The van der Waals surface area contributed by atoms with Crippen molar-refractivity contribution in [1.82, 2.24) is 9.97 Å².